The first-order valence-electron chi connectivity index (χ1n) is 6.80. The van der Waals surface area contributed by atoms with Gasteiger partial charge >= 0.3 is 0 Å². The van der Waals surface area contributed by atoms with Crippen molar-refractivity contribution < 1.29 is 14.3 Å². The predicted octanol–water partition coefficient (Wildman–Crippen LogP) is 3.10. The molecule has 1 saturated heterocycles. The topological polar surface area (TPSA) is 73.6 Å². The molecule has 0 saturated carbocycles. The number of carbonyl (C=O) groups excluding carboxylic acids is 1. The lowest BCUT2D eigenvalue weighted by molar-refractivity contribution is -0.122. The van der Waals surface area contributed by atoms with Crippen molar-refractivity contribution in [3.63, 3.8) is 0 Å². The molecule has 5 nitrogen and oxygen atoms in total. The Labute approximate surface area is 133 Å². The molecule has 1 amide bonds. The molecule has 0 spiro atoms. The van der Waals surface area contributed by atoms with Crippen molar-refractivity contribution in [2.75, 3.05) is 30.9 Å². The van der Waals surface area contributed by atoms with Crippen LogP contribution in [-0.4, -0.2) is 31.8 Å². The fourth-order valence-corrected chi connectivity index (χ4v) is 2.71. The fraction of sp³-hybridized carbons (Fsp3) is 0.500. The van der Waals surface area contributed by atoms with Gasteiger partial charge in [-0.25, -0.2) is 0 Å². The third-order valence-corrected chi connectivity index (χ3v) is 3.74. The van der Waals surface area contributed by atoms with Crippen molar-refractivity contribution in [2.24, 2.45) is 0 Å². The lowest BCUT2D eigenvalue weighted by Crippen LogP contribution is -2.27. The summed E-state index contributed by atoms with van der Waals surface area (Å²) in [5, 5.41) is 3.21. The van der Waals surface area contributed by atoms with Crippen molar-refractivity contribution in [1.82, 2.24) is 0 Å². The summed E-state index contributed by atoms with van der Waals surface area (Å²) in [5.74, 6) is -0.320. The summed E-state index contributed by atoms with van der Waals surface area (Å²) in [6, 6.07) is 3.06. The number of anilines is 2. The van der Waals surface area contributed by atoms with Gasteiger partial charge in [-0.1, -0.05) is 23.2 Å². The normalized spacial score (nSPS) is 18.5. The van der Waals surface area contributed by atoms with Crippen LogP contribution in [0.5, 0.6) is 0 Å². The van der Waals surface area contributed by atoms with E-state index in [1.54, 1.807) is 0 Å². The van der Waals surface area contributed by atoms with Crippen LogP contribution < -0.4 is 11.1 Å². The summed E-state index contributed by atoms with van der Waals surface area (Å²) >= 11 is 12.0. The van der Waals surface area contributed by atoms with Crippen molar-refractivity contribution in [1.29, 1.82) is 0 Å². The Morgan fingerprint density at radius 1 is 1.38 bits per heavy atom. The molecule has 21 heavy (non-hydrogen) atoms. The maximum Gasteiger partial charge on any atom is 0.250 e. The highest BCUT2D eigenvalue weighted by molar-refractivity contribution is 6.40. The molecule has 0 radical (unpaired) electrons. The maximum absolute atomic E-state index is 11.8. The van der Waals surface area contributed by atoms with Gasteiger partial charge in [-0.05, 0) is 31.4 Å². The number of halogens is 2. The van der Waals surface area contributed by atoms with Gasteiger partial charge in [-0.2, -0.15) is 0 Å². The molecule has 2 rings (SSSR count). The first-order chi connectivity index (χ1) is 10.1. The first-order valence-corrected chi connectivity index (χ1v) is 7.55. The number of hydrogen-bond acceptors (Lipinski definition) is 4. The van der Waals surface area contributed by atoms with Gasteiger partial charge in [0.25, 0.3) is 0 Å². The third kappa shape index (κ3) is 5.04. The van der Waals surface area contributed by atoms with Crippen LogP contribution >= 0.6 is 23.2 Å². The average Bonchev–Trinajstić information content (AvgIpc) is 2.44. The largest absolute Gasteiger partial charge is 0.399 e. The Morgan fingerprint density at radius 3 is 2.71 bits per heavy atom. The average molecular weight is 333 g/mol. The zero-order valence-corrected chi connectivity index (χ0v) is 13.0. The van der Waals surface area contributed by atoms with Gasteiger partial charge in [0.2, 0.25) is 5.91 Å². The Hall–Kier alpha value is -1.01. The summed E-state index contributed by atoms with van der Waals surface area (Å²) in [6.07, 6.45) is 3.27. The molecular formula is C14H18Cl2N2O3. The quantitative estimate of drug-likeness (QED) is 0.812. The van der Waals surface area contributed by atoms with E-state index in [0.717, 1.165) is 25.9 Å². The number of nitrogens with two attached hydrogens (primary N) is 1. The Balaban J connectivity index is 1.79. The predicted molar refractivity (Wildman–Crippen MR) is 83.9 cm³/mol. The lowest BCUT2D eigenvalue weighted by atomic mass is 10.1. The fourth-order valence-electron chi connectivity index (χ4n) is 2.11. The number of nitrogen functional groups attached to an aromatic ring is 1. The second-order valence-corrected chi connectivity index (χ2v) is 5.73. The second kappa shape index (κ2) is 7.84. The number of hydrogen-bond donors (Lipinski definition) is 2. The lowest BCUT2D eigenvalue weighted by Gasteiger charge is -2.22. The molecule has 0 aromatic heterocycles. The smallest absolute Gasteiger partial charge is 0.250 e. The van der Waals surface area contributed by atoms with E-state index in [9.17, 15) is 4.79 Å². The van der Waals surface area contributed by atoms with Crippen LogP contribution in [0.4, 0.5) is 11.4 Å². The van der Waals surface area contributed by atoms with Crippen LogP contribution in [0, 0.1) is 0 Å². The number of ether oxygens (including phenoxy) is 2. The summed E-state index contributed by atoms with van der Waals surface area (Å²) in [6.45, 7) is 1.10. The van der Waals surface area contributed by atoms with Gasteiger partial charge in [0.15, 0.2) is 0 Å². The van der Waals surface area contributed by atoms with Gasteiger partial charge in [-0.3, -0.25) is 4.79 Å². The molecule has 0 aliphatic carbocycles. The van der Waals surface area contributed by atoms with Crippen LogP contribution in [0.2, 0.25) is 10.0 Å². The van der Waals surface area contributed by atoms with E-state index in [0.29, 0.717) is 28.0 Å². The SMILES string of the molecule is Nc1cc(Cl)c(NC(=O)COCC2CCCCO2)c(Cl)c1. The van der Waals surface area contributed by atoms with Crippen molar-refractivity contribution in [3.05, 3.63) is 22.2 Å². The van der Waals surface area contributed by atoms with Crippen LogP contribution in [0.3, 0.4) is 0 Å². The van der Waals surface area contributed by atoms with Gasteiger partial charge in [-0.15, -0.1) is 0 Å². The van der Waals surface area contributed by atoms with Crippen LogP contribution in [0.25, 0.3) is 0 Å². The minimum absolute atomic E-state index is 0.0725. The highest BCUT2D eigenvalue weighted by atomic mass is 35.5. The number of benzene rings is 1. The highest BCUT2D eigenvalue weighted by Gasteiger charge is 2.15. The van der Waals surface area contributed by atoms with E-state index >= 15 is 0 Å². The van der Waals surface area contributed by atoms with Gasteiger partial charge in [0, 0.05) is 12.3 Å². The van der Waals surface area contributed by atoms with Gasteiger partial charge in [0.1, 0.15) is 6.61 Å². The zero-order valence-electron chi connectivity index (χ0n) is 11.5. The Kier molecular flexibility index (Phi) is 6.11. The summed E-state index contributed by atoms with van der Waals surface area (Å²) < 4.78 is 10.9. The number of amides is 1. The molecule has 3 N–H and O–H groups in total. The van der Waals surface area contributed by atoms with E-state index in [1.807, 2.05) is 0 Å². The number of nitrogens with one attached hydrogen (secondary N) is 1. The van der Waals surface area contributed by atoms with Gasteiger partial charge < -0.3 is 20.5 Å². The molecule has 1 aromatic rings. The number of rotatable bonds is 5. The molecule has 7 heteroatoms. The maximum atomic E-state index is 11.8. The van der Waals surface area contributed by atoms with Crippen molar-refractivity contribution in [2.45, 2.75) is 25.4 Å². The molecule has 1 fully saturated rings. The van der Waals surface area contributed by atoms with E-state index in [2.05, 4.69) is 5.32 Å². The van der Waals surface area contributed by atoms with E-state index in [1.165, 1.54) is 12.1 Å². The highest BCUT2D eigenvalue weighted by Crippen LogP contribution is 2.32. The molecule has 1 atom stereocenters. The minimum Gasteiger partial charge on any atom is -0.399 e. The van der Waals surface area contributed by atoms with E-state index in [4.69, 9.17) is 38.4 Å². The molecule has 1 unspecified atom stereocenters. The molecule has 116 valence electrons. The van der Waals surface area contributed by atoms with E-state index < -0.39 is 0 Å². The van der Waals surface area contributed by atoms with Crippen molar-refractivity contribution in [3.8, 4) is 0 Å². The van der Waals surface area contributed by atoms with E-state index in [-0.39, 0.29) is 18.6 Å². The Bertz CT molecular complexity index is 482. The Morgan fingerprint density at radius 2 is 2.10 bits per heavy atom. The first kappa shape index (κ1) is 16.4. The molecule has 1 heterocycles. The standard InChI is InChI=1S/C14H18Cl2N2O3/c15-11-5-9(17)6-12(16)14(11)18-13(19)8-20-7-10-3-1-2-4-21-10/h5-6,10H,1-4,7-8,17H2,(H,18,19). The second-order valence-electron chi connectivity index (χ2n) is 4.91. The zero-order chi connectivity index (χ0) is 15.2. The molecular weight excluding hydrogens is 315 g/mol. The summed E-state index contributed by atoms with van der Waals surface area (Å²) in [7, 11) is 0. The number of carbonyl (C=O) groups is 1. The minimum atomic E-state index is -0.320. The van der Waals surface area contributed by atoms with Crippen LogP contribution in [-0.2, 0) is 14.3 Å². The summed E-state index contributed by atoms with van der Waals surface area (Å²) in [5.41, 5.74) is 6.38. The molecule has 0 bridgehead atoms. The van der Waals surface area contributed by atoms with Crippen LogP contribution in [0.15, 0.2) is 12.1 Å². The molecule has 1 aromatic carbocycles. The van der Waals surface area contributed by atoms with Crippen molar-refractivity contribution >= 4 is 40.5 Å². The third-order valence-electron chi connectivity index (χ3n) is 3.14. The molecule has 1 aliphatic rings. The van der Waals surface area contributed by atoms with Gasteiger partial charge in [0.05, 0.1) is 28.4 Å². The summed E-state index contributed by atoms with van der Waals surface area (Å²) in [4.78, 5) is 11.8. The monoisotopic (exact) mass is 332 g/mol. The van der Waals surface area contributed by atoms with Crippen LogP contribution in [0.1, 0.15) is 19.3 Å². The molecule has 1 aliphatic heterocycles.